The van der Waals surface area contributed by atoms with E-state index in [2.05, 4.69) is 0 Å². The molecule has 0 bridgehead atoms. The molecule has 0 saturated heterocycles. The van der Waals surface area contributed by atoms with Crippen LogP contribution in [0.4, 0.5) is 0 Å². The Hall–Kier alpha value is -0.200. The van der Waals surface area contributed by atoms with Crippen LogP contribution in [-0.4, -0.2) is 0 Å². The highest BCUT2D eigenvalue weighted by molar-refractivity contribution is 6.42. The first kappa shape index (κ1) is 9.80. The van der Waals surface area contributed by atoms with Crippen LogP contribution in [-0.2, 0) is 0 Å². The van der Waals surface area contributed by atoms with Gasteiger partial charge in [-0.3, -0.25) is 0 Å². The Morgan fingerprint density at radius 1 is 1.20 bits per heavy atom. The van der Waals surface area contributed by atoms with Crippen LogP contribution < -0.4 is 0 Å². The number of hydrogen-bond donors (Lipinski definition) is 0. The normalized spacial score (nSPS) is 8.70. The average Bonchev–Trinajstić information content (AvgIpc) is 1.83. The van der Waals surface area contributed by atoms with E-state index >= 15 is 0 Å². The zero-order valence-corrected chi connectivity index (χ0v) is 6.50. The Labute approximate surface area is 71.8 Å². The SMILES string of the molecule is C.Cc1cccc(Cl)c1Cl. The molecule has 56 valence electrons. The summed E-state index contributed by atoms with van der Waals surface area (Å²) in [6, 6.07) is 5.58. The molecule has 1 aromatic rings. The van der Waals surface area contributed by atoms with Crippen LogP contribution in [0, 0.1) is 6.92 Å². The monoisotopic (exact) mass is 176 g/mol. The lowest BCUT2D eigenvalue weighted by molar-refractivity contribution is 1.47. The zero-order chi connectivity index (χ0) is 6.85. The second-order valence-electron chi connectivity index (χ2n) is 1.87. The minimum absolute atomic E-state index is 0. The molecule has 0 saturated carbocycles. The number of aryl methyl sites for hydroxylation is 1. The van der Waals surface area contributed by atoms with Crippen molar-refractivity contribution in [3.05, 3.63) is 33.8 Å². The molecular formula is C8H10Cl2. The third-order valence-electron chi connectivity index (χ3n) is 1.14. The lowest BCUT2D eigenvalue weighted by Gasteiger charge is -1.96. The summed E-state index contributed by atoms with van der Waals surface area (Å²) >= 11 is 11.4. The van der Waals surface area contributed by atoms with Crippen LogP contribution in [0.15, 0.2) is 18.2 Å². The fourth-order valence-electron chi connectivity index (χ4n) is 0.612. The molecule has 0 N–H and O–H groups in total. The summed E-state index contributed by atoms with van der Waals surface area (Å²) in [5.74, 6) is 0. The lowest BCUT2D eigenvalue weighted by Crippen LogP contribution is -1.73. The van der Waals surface area contributed by atoms with Crippen molar-refractivity contribution in [1.29, 1.82) is 0 Å². The van der Waals surface area contributed by atoms with E-state index in [1.165, 1.54) is 0 Å². The van der Waals surface area contributed by atoms with Crippen molar-refractivity contribution in [1.82, 2.24) is 0 Å². The van der Waals surface area contributed by atoms with Crippen molar-refractivity contribution in [2.75, 3.05) is 0 Å². The fourth-order valence-corrected chi connectivity index (χ4v) is 0.959. The molecule has 0 amide bonds. The molecule has 0 aromatic heterocycles. The van der Waals surface area contributed by atoms with Crippen LogP contribution >= 0.6 is 23.2 Å². The number of halogens is 2. The van der Waals surface area contributed by atoms with Crippen molar-refractivity contribution < 1.29 is 0 Å². The van der Waals surface area contributed by atoms with E-state index in [1.807, 2.05) is 19.1 Å². The maximum Gasteiger partial charge on any atom is 0.0621 e. The van der Waals surface area contributed by atoms with Gasteiger partial charge in [-0.25, -0.2) is 0 Å². The van der Waals surface area contributed by atoms with Crippen molar-refractivity contribution in [3.63, 3.8) is 0 Å². The molecule has 2 heteroatoms. The third-order valence-corrected chi connectivity index (χ3v) is 2.06. The number of benzene rings is 1. The summed E-state index contributed by atoms with van der Waals surface area (Å²) in [5.41, 5.74) is 1.02. The van der Waals surface area contributed by atoms with Crippen molar-refractivity contribution >= 4 is 23.2 Å². The van der Waals surface area contributed by atoms with Crippen LogP contribution in [0.25, 0.3) is 0 Å². The standard InChI is InChI=1S/C7H6Cl2.CH4/c1-5-3-2-4-6(8)7(5)9;/h2-4H,1H3;1H4. The van der Waals surface area contributed by atoms with Gasteiger partial charge in [0.15, 0.2) is 0 Å². The summed E-state index contributed by atoms with van der Waals surface area (Å²) < 4.78 is 0. The van der Waals surface area contributed by atoms with Gasteiger partial charge in [0.05, 0.1) is 10.0 Å². The first-order valence-corrected chi connectivity index (χ1v) is 3.38. The maximum absolute atomic E-state index is 5.75. The molecule has 0 heterocycles. The van der Waals surface area contributed by atoms with Gasteiger partial charge in [-0.05, 0) is 18.6 Å². The highest BCUT2D eigenvalue weighted by Gasteiger charge is 1.96. The molecule has 0 atom stereocenters. The molecule has 0 radical (unpaired) electrons. The van der Waals surface area contributed by atoms with Gasteiger partial charge in [0.2, 0.25) is 0 Å². The largest absolute Gasteiger partial charge is 0.0827 e. The minimum Gasteiger partial charge on any atom is -0.0827 e. The molecule has 1 aromatic carbocycles. The van der Waals surface area contributed by atoms with Gasteiger partial charge in [0.1, 0.15) is 0 Å². The molecular weight excluding hydrogens is 167 g/mol. The van der Waals surface area contributed by atoms with Gasteiger partial charge < -0.3 is 0 Å². The number of hydrogen-bond acceptors (Lipinski definition) is 0. The first-order chi connectivity index (χ1) is 4.22. The highest BCUT2D eigenvalue weighted by Crippen LogP contribution is 2.24. The van der Waals surface area contributed by atoms with Gasteiger partial charge in [-0.1, -0.05) is 42.8 Å². The second kappa shape index (κ2) is 3.85. The Balaban J connectivity index is 0.000000810. The minimum atomic E-state index is 0. The maximum atomic E-state index is 5.75. The van der Waals surface area contributed by atoms with Crippen LogP contribution in [0.1, 0.15) is 13.0 Å². The van der Waals surface area contributed by atoms with Crippen molar-refractivity contribution in [3.8, 4) is 0 Å². The Bertz CT molecular complexity index is 198. The van der Waals surface area contributed by atoms with E-state index in [0.717, 1.165) is 5.56 Å². The van der Waals surface area contributed by atoms with Gasteiger partial charge >= 0.3 is 0 Å². The Morgan fingerprint density at radius 3 is 2.20 bits per heavy atom. The molecule has 0 fully saturated rings. The topological polar surface area (TPSA) is 0 Å². The predicted octanol–water partition coefficient (Wildman–Crippen LogP) is 3.94. The molecule has 0 spiro atoms. The Morgan fingerprint density at radius 2 is 1.80 bits per heavy atom. The van der Waals surface area contributed by atoms with Crippen molar-refractivity contribution in [2.24, 2.45) is 0 Å². The lowest BCUT2D eigenvalue weighted by atomic mass is 10.2. The Kier molecular flexibility index (Phi) is 3.77. The van der Waals surface area contributed by atoms with E-state index < -0.39 is 0 Å². The van der Waals surface area contributed by atoms with Crippen LogP contribution in [0.5, 0.6) is 0 Å². The molecule has 0 nitrogen and oxygen atoms in total. The van der Waals surface area contributed by atoms with Crippen molar-refractivity contribution in [2.45, 2.75) is 14.4 Å². The molecule has 0 aliphatic rings. The molecule has 10 heavy (non-hydrogen) atoms. The average molecular weight is 177 g/mol. The number of rotatable bonds is 0. The summed E-state index contributed by atoms with van der Waals surface area (Å²) in [6.07, 6.45) is 0. The third kappa shape index (κ3) is 1.89. The molecule has 0 aliphatic heterocycles. The predicted molar refractivity (Wildman–Crippen MR) is 47.9 cm³/mol. The van der Waals surface area contributed by atoms with E-state index in [0.29, 0.717) is 10.0 Å². The summed E-state index contributed by atoms with van der Waals surface area (Å²) in [7, 11) is 0. The summed E-state index contributed by atoms with van der Waals surface area (Å²) in [4.78, 5) is 0. The summed E-state index contributed by atoms with van der Waals surface area (Å²) in [6.45, 7) is 1.92. The van der Waals surface area contributed by atoms with Gasteiger partial charge in [0, 0.05) is 0 Å². The van der Waals surface area contributed by atoms with E-state index in [1.54, 1.807) is 6.07 Å². The van der Waals surface area contributed by atoms with Gasteiger partial charge in [0.25, 0.3) is 0 Å². The molecule has 1 rings (SSSR count). The van der Waals surface area contributed by atoms with Crippen LogP contribution in [0.2, 0.25) is 10.0 Å². The smallest absolute Gasteiger partial charge is 0.0621 e. The van der Waals surface area contributed by atoms with E-state index in [-0.39, 0.29) is 7.43 Å². The second-order valence-corrected chi connectivity index (χ2v) is 2.66. The van der Waals surface area contributed by atoms with Gasteiger partial charge in [-0.2, -0.15) is 0 Å². The first-order valence-electron chi connectivity index (χ1n) is 2.62. The zero-order valence-electron chi connectivity index (χ0n) is 4.99. The molecule has 0 unspecified atom stereocenters. The van der Waals surface area contributed by atoms with E-state index in [4.69, 9.17) is 23.2 Å². The van der Waals surface area contributed by atoms with Gasteiger partial charge in [-0.15, -0.1) is 0 Å². The van der Waals surface area contributed by atoms with E-state index in [9.17, 15) is 0 Å². The quantitative estimate of drug-likeness (QED) is 0.563. The summed E-state index contributed by atoms with van der Waals surface area (Å²) in [5, 5.41) is 1.27. The molecule has 0 aliphatic carbocycles. The fraction of sp³-hybridized carbons (Fsp3) is 0.250. The van der Waals surface area contributed by atoms with Crippen LogP contribution in [0.3, 0.4) is 0 Å². The highest BCUT2D eigenvalue weighted by atomic mass is 35.5.